The number of phenols is 1. The molecule has 0 saturated carbocycles. The van der Waals surface area contributed by atoms with Crippen LogP contribution in [0.15, 0.2) is 40.3 Å². The number of rotatable bonds is 2. The lowest BCUT2D eigenvalue weighted by Gasteiger charge is -2.07. The van der Waals surface area contributed by atoms with E-state index in [2.05, 4.69) is 10.0 Å². The minimum atomic E-state index is -2.22. The largest absolute Gasteiger partial charge is 0.507 e. The molecule has 0 aromatic heterocycles. The molecule has 0 spiro atoms. The minimum absolute atomic E-state index is 0.0661. The maximum Gasteiger partial charge on any atom is 0.187 e. The number of hydrogen-bond donors (Lipinski definition) is 2. The second-order valence-corrected chi connectivity index (χ2v) is 4.16. The second kappa shape index (κ2) is 4.42. The van der Waals surface area contributed by atoms with E-state index < -0.39 is 11.1 Å². The van der Waals surface area contributed by atoms with Gasteiger partial charge in [0, 0.05) is 15.7 Å². The lowest BCUT2D eigenvalue weighted by atomic mass is 10.1. The Balaban J connectivity index is 2.94. The van der Waals surface area contributed by atoms with Crippen LogP contribution in [0.5, 0.6) is 5.75 Å². The third-order valence-electron chi connectivity index (χ3n) is 2.30. The first kappa shape index (κ1) is 11.4. The third-order valence-corrected chi connectivity index (χ3v) is 3.01. The lowest BCUT2D eigenvalue weighted by molar-refractivity contribution is 0.482. The van der Waals surface area contributed by atoms with Gasteiger partial charge in [-0.25, -0.2) is 4.21 Å². The summed E-state index contributed by atoms with van der Waals surface area (Å²) in [7, 11) is 0. The zero-order valence-electron chi connectivity index (χ0n) is 8.44. The molecule has 0 fully saturated rings. The molecule has 0 aliphatic heterocycles. The third kappa shape index (κ3) is 1.94. The molecule has 0 radical (unpaired) electrons. The van der Waals surface area contributed by atoms with E-state index in [1.54, 1.807) is 24.3 Å². The molecular weight excluding hydrogens is 242 g/mol. The van der Waals surface area contributed by atoms with Gasteiger partial charge in [0.1, 0.15) is 5.75 Å². The zero-order valence-corrected chi connectivity index (χ0v) is 9.26. The highest BCUT2D eigenvalue weighted by Crippen LogP contribution is 2.38. The van der Waals surface area contributed by atoms with Crippen molar-refractivity contribution >= 4 is 27.5 Å². The molecule has 86 valence electrons. The van der Waals surface area contributed by atoms with E-state index in [1.165, 1.54) is 6.07 Å². The fourth-order valence-electron chi connectivity index (χ4n) is 1.58. The summed E-state index contributed by atoms with van der Waals surface area (Å²) in [5.41, 5.74) is 8.29. The molecule has 1 unspecified atom stereocenters. The van der Waals surface area contributed by atoms with Gasteiger partial charge in [0.2, 0.25) is 0 Å². The fraction of sp³-hybridized carbons (Fsp3) is 0. The second-order valence-electron chi connectivity index (χ2n) is 3.23. The Hall–Kier alpha value is -2.08. The predicted octanol–water partition coefficient (Wildman–Crippen LogP) is 3.07. The molecule has 6 nitrogen and oxygen atoms in total. The highest BCUT2D eigenvalue weighted by atomic mass is 32.2. The highest BCUT2D eigenvalue weighted by Gasteiger charge is 2.13. The fourth-order valence-corrected chi connectivity index (χ4v) is 2.16. The molecule has 2 aromatic carbocycles. The monoisotopic (exact) mass is 249 g/mol. The maximum absolute atomic E-state index is 11.2. The number of nitrogens with zero attached hydrogens (tertiary/aromatic N) is 3. The van der Waals surface area contributed by atoms with Crippen LogP contribution in [0.1, 0.15) is 0 Å². The topological polar surface area (TPSA) is 106 Å². The van der Waals surface area contributed by atoms with Crippen molar-refractivity contribution < 1.29 is 13.9 Å². The summed E-state index contributed by atoms with van der Waals surface area (Å²) in [5, 5.41) is 13.9. The van der Waals surface area contributed by atoms with Crippen molar-refractivity contribution in [1.82, 2.24) is 0 Å². The summed E-state index contributed by atoms with van der Waals surface area (Å²) >= 11 is -2.22. The van der Waals surface area contributed by atoms with Crippen LogP contribution in [0.2, 0.25) is 0 Å². The van der Waals surface area contributed by atoms with Gasteiger partial charge in [0.25, 0.3) is 0 Å². The number of phenolic OH excluding ortho intramolecular Hbond substituents is 1. The standard InChI is InChI=1S/C10H7N3O3S/c11-13-12-8-5-9(17(15)16)6-3-1-2-4-7(6)10(8)14/h1-5,14H,(H,15,16). The van der Waals surface area contributed by atoms with E-state index in [-0.39, 0.29) is 16.3 Å². The molecule has 2 aromatic rings. The van der Waals surface area contributed by atoms with Crippen LogP contribution in [0, 0.1) is 0 Å². The average molecular weight is 249 g/mol. The van der Waals surface area contributed by atoms with Gasteiger partial charge in [-0.1, -0.05) is 29.4 Å². The number of fused-ring (bicyclic) bond motifs is 1. The first-order valence-corrected chi connectivity index (χ1v) is 5.66. The molecule has 1 atom stereocenters. The van der Waals surface area contributed by atoms with Crippen LogP contribution in [-0.2, 0) is 11.1 Å². The summed E-state index contributed by atoms with van der Waals surface area (Å²) in [6.07, 6.45) is 0. The number of benzene rings is 2. The Morgan fingerprint density at radius 2 is 1.94 bits per heavy atom. The van der Waals surface area contributed by atoms with Crippen LogP contribution in [0.4, 0.5) is 5.69 Å². The van der Waals surface area contributed by atoms with Crippen molar-refractivity contribution in [2.75, 3.05) is 0 Å². The SMILES string of the molecule is [N-]=[N+]=Nc1cc(S(=O)O)c2ccccc2c1O. The Morgan fingerprint density at radius 3 is 2.53 bits per heavy atom. The molecule has 2 N–H and O–H groups in total. The van der Waals surface area contributed by atoms with Crippen LogP contribution < -0.4 is 0 Å². The summed E-state index contributed by atoms with van der Waals surface area (Å²) in [4.78, 5) is 2.66. The highest BCUT2D eigenvalue weighted by molar-refractivity contribution is 7.79. The average Bonchev–Trinajstić information content (AvgIpc) is 2.32. The van der Waals surface area contributed by atoms with Crippen LogP contribution in [0.25, 0.3) is 21.2 Å². The first-order chi connectivity index (χ1) is 8.15. The Labute approximate surface area is 98.4 Å². The molecular formula is C10H7N3O3S. The molecule has 2 rings (SSSR count). The Bertz CT molecular complexity index is 665. The van der Waals surface area contributed by atoms with E-state index in [4.69, 9.17) is 10.1 Å². The first-order valence-electron chi connectivity index (χ1n) is 4.56. The summed E-state index contributed by atoms with van der Waals surface area (Å²) in [5.74, 6) is -0.201. The van der Waals surface area contributed by atoms with Gasteiger partial charge >= 0.3 is 0 Å². The van der Waals surface area contributed by atoms with E-state index in [9.17, 15) is 9.32 Å². The van der Waals surface area contributed by atoms with Gasteiger partial charge in [-0.05, 0) is 11.6 Å². The number of aromatic hydroxyl groups is 1. The van der Waals surface area contributed by atoms with Gasteiger partial charge < -0.3 is 9.66 Å². The van der Waals surface area contributed by atoms with Crippen LogP contribution in [-0.4, -0.2) is 13.9 Å². The van der Waals surface area contributed by atoms with Crippen molar-refractivity contribution in [2.45, 2.75) is 4.90 Å². The molecule has 0 aliphatic carbocycles. The number of azide groups is 1. The molecule has 0 saturated heterocycles. The van der Waals surface area contributed by atoms with Crippen molar-refractivity contribution in [3.05, 3.63) is 40.8 Å². The van der Waals surface area contributed by atoms with Gasteiger partial charge in [-0.3, -0.25) is 0 Å². The molecule has 0 amide bonds. The minimum Gasteiger partial charge on any atom is -0.507 e. The quantitative estimate of drug-likeness (QED) is 0.369. The normalized spacial score (nSPS) is 12.1. The van der Waals surface area contributed by atoms with Gasteiger partial charge in [-0.15, -0.1) is 0 Å². The number of hydrogen-bond acceptors (Lipinski definition) is 3. The van der Waals surface area contributed by atoms with E-state index in [1.807, 2.05) is 0 Å². The smallest absolute Gasteiger partial charge is 0.187 e. The molecule has 0 bridgehead atoms. The lowest BCUT2D eigenvalue weighted by Crippen LogP contribution is -1.90. The summed E-state index contributed by atoms with van der Waals surface area (Å²) < 4.78 is 20.3. The van der Waals surface area contributed by atoms with E-state index >= 15 is 0 Å². The van der Waals surface area contributed by atoms with Gasteiger partial charge in [0.05, 0.1) is 10.6 Å². The van der Waals surface area contributed by atoms with Crippen molar-refractivity contribution in [3.8, 4) is 5.75 Å². The molecule has 0 heterocycles. The maximum atomic E-state index is 11.2. The zero-order chi connectivity index (χ0) is 12.4. The van der Waals surface area contributed by atoms with Crippen LogP contribution in [0.3, 0.4) is 0 Å². The predicted molar refractivity (Wildman–Crippen MR) is 63.5 cm³/mol. The van der Waals surface area contributed by atoms with Crippen molar-refractivity contribution in [1.29, 1.82) is 0 Å². The Morgan fingerprint density at radius 1 is 1.29 bits per heavy atom. The van der Waals surface area contributed by atoms with Gasteiger partial charge in [-0.2, -0.15) is 0 Å². The van der Waals surface area contributed by atoms with Crippen LogP contribution >= 0.6 is 0 Å². The van der Waals surface area contributed by atoms with E-state index in [0.717, 1.165) is 0 Å². The summed E-state index contributed by atoms with van der Waals surface area (Å²) in [6.45, 7) is 0. The van der Waals surface area contributed by atoms with Crippen molar-refractivity contribution in [3.63, 3.8) is 0 Å². The van der Waals surface area contributed by atoms with Crippen molar-refractivity contribution in [2.24, 2.45) is 5.11 Å². The molecule has 7 heteroatoms. The van der Waals surface area contributed by atoms with Gasteiger partial charge in [0.15, 0.2) is 11.1 Å². The summed E-state index contributed by atoms with van der Waals surface area (Å²) in [6, 6.07) is 7.75. The molecule has 17 heavy (non-hydrogen) atoms. The van der Waals surface area contributed by atoms with E-state index in [0.29, 0.717) is 10.8 Å². The Kier molecular flexibility index (Phi) is 2.97. The molecule has 0 aliphatic rings.